The van der Waals surface area contributed by atoms with Crippen LogP contribution in [0.2, 0.25) is 0 Å². The van der Waals surface area contributed by atoms with Crippen molar-refractivity contribution in [2.24, 2.45) is 0 Å². The third-order valence-corrected chi connectivity index (χ3v) is 4.98. The van der Waals surface area contributed by atoms with Gasteiger partial charge in [-0.05, 0) is 41.1 Å². The van der Waals surface area contributed by atoms with Crippen molar-refractivity contribution >= 4 is 31.9 Å². The third-order valence-electron chi connectivity index (χ3n) is 2.58. The molecule has 7 nitrogen and oxygen atoms in total. The number of hydrogen-bond donors (Lipinski definition) is 2. The van der Waals surface area contributed by atoms with Gasteiger partial charge in [-0.25, -0.2) is 17.9 Å². The van der Waals surface area contributed by atoms with Crippen molar-refractivity contribution in [1.29, 1.82) is 0 Å². The second-order valence-corrected chi connectivity index (χ2v) is 6.80. The summed E-state index contributed by atoms with van der Waals surface area (Å²) in [5, 5.41) is 12.6. The molecular formula is C12H11BrN2O5S. The van der Waals surface area contributed by atoms with Gasteiger partial charge in [-0.2, -0.15) is 0 Å². The Morgan fingerprint density at radius 1 is 1.43 bits per heavy atom. The van der Waals surface area contributed by atoms with Crippen molar-refractivity contribution in [3.8, 4) is 0 Å². The maximum absolute atomic E-state index is 12.2. The number of aromatic carboxylic acids is 1. The molecular weight excluding hydrogens is 364 g/mol. The average Bonchev–Trinajstić information content (AvgIpc) is 2.82. The Hall–Kier alpha value is -1.71. The molecule has 1 aromatic heterocycles. The summed E-state index contributed by atoms with van der Waals surface area (Å²) in [4.78, 5) is 10.8. The maximum Gasteiger partial charge on any atom is 0.335 e. The van der Waals surface area contributed by atoms with E-state index in [1.165, 1.54) is 12.1 Å². The number of aryl methyl sites for hydroxylation is 1. The van der Waals surface area contributed by atoms with Crippen LogP contribution in [-0.4, -0.2) is 24.7 Å². The summed E-state index contributed by atoms with van der Waals surface area (Å²) in [5.74, 6) is -0.841. The number of nitrogens with one attached hydrogen (secondary N) is 1. The summed E-state index contributed by atoms with van der Waals surface area (Å²) in [7, 11) is -3.88. The number of benzene rings is 1. The Balaban J connectivity index is 2.26. The van der Waals surface area contributed by atoms with Crippen LogP contribution in [0.4, 0.5) is 0 Å². The molecule has 0 radical (unpaired) electrons. The summed E-state index contributed by atoms with van der Waals surface area (Å²) in [5.41, 5.74) is 0.521. The number of rotatable bonds is 5. The van der Waals surface area contributed by atoms with E-state index in [4.69, 9.17) is 9.63 Å². The van der Waals surface area contributed by atoms with Gasteiger partial charge in [0, 0.05) is 10.5 Å². The second-order valence-electron chi connectivity index (χ2n) is 4.21. The molecule has 2 N–H and O–H groups in total. The standard InChI is InChI=1S/C12H11BrN2O5S/c1-7-4-9(20-15-7)6-14-21(18,19)11-5-8(12(16)17)2-3-10(11)13/h2-5,14H,6H2,1H3,(H,16,17). The van der Waals surface area contributed by atoms with E-state index in [0.29, 0.717) is 11.5 Å². The van der Waals surface area contributed by atoms with Gasteiger partial charge in [0.25, 0.3) is 0 Å². The number of aromatic nitrogens is 1. The van der Waals surface area contributed by atoms with Crippen LogP contribution in [0.25, 0.3) is 0 Å². The minimum atomic E-state index is -3.88. The lowest BCUT2D eigenvalue weighted by molar-refractivity contribution is 0.0696. The Bertz CT molecular complexity index is 785. The molecule has 0 aliphatic heterocycles. The first kappa shape index (κ1) is 15.7. The molecule has 112 valence electrons. The summed E-state index contributed by atoms with van der Waals surface area (Å²) in [6.07, 6.45) is 0. The zero-order valence-corrected chi connectivity index (χ0v) is 13.2. The number of sulfonamides is 1. The molecule has 0 saturated carbocycles. The van der Waals surface area contributed by atoms with Crippen LogP contribution < -0.4 is 4.72 Å². The zero-order chi connectivity index (χ0) is 15.6. The van der Waals surface area contributed by atoms with Crippen LogP contribution in [-0.2, 0) is 16.6 Å². The molecule has 0 fully saturated rings. The minimum absolute atomic E-state index is 0.0765. The van der Waals surface area contributed by atoms with Gasteiger partial charge in [-0.1, -0.05) is 5.16 Å². The van der Waals surface area contributed by atoms with Gasteiger partial charge in [0.05, 0.1) is 22.7 Å². The van der Waals surface area contributed by atoms with E-state index in [1.54, 1.807) is 13.0 Å². The highest BCUT2D eigenvalue weighted by molar-refractivity contribution is 9.10. The van der Waals surface area contributed by atoms with Crippen molar-refractivity contribution in [2.75, 3.05) is 0 Å². The number of carboxylic acids is 1. The van der Waals surface area contributed by atoms with Crippen molar-refractivity contribution in [1.82, 2.24) is 9.88 Å². The Morgan fingerprint density at radius 2 is 2.14 bits per heavy atom. The predicted molar refractivity (Wildman–Crippen MR) is 76.4 cm³/mol. The average molecular weight is 375 g/mol. The van der Waals surface area contributed by atoms with Crippen LogP contribution in [0.15, 0.2) is 38.2 Å². The van der Waals surface area contributed by atoms with Gasteiger partial charge in [-0.15, -0.1) is 0 Å². The van der Waals surface area contributed by atoms with E-state index in [1.807, 2.05) is 0 Å². The number of halogens is 1. The monoisotopic (exact) mass is 374 g/mol. The first-order chi connectivity index (χ1) is 9.79. The lowest BCUT2D eigenvalue weighted by atomic mass is 10.2. The van der Waals surface area contributed by atoms with Gasteiger partial charge in [0.2, 0.25) is 10.0 Å². The molecule has 0 aliphatic rings. The fraction of sp³-hybridized carbons (Fsp3) is 0.167. The molecule has 2 rings (SSSR count). The van der Waals surface area contributed by atoms with Gasteiger partial charge < -0.3 is 9.63 Å². The number of carboxylic acid groups (broad SMARTS) is 1. The Kier molecular flexibility index (Phi) is 4.45. The molecule has 0 amide bonds. The molecule has 2 aromatic rings. The first-order valence-corrected chi connectivity index (χ1v) is 8.02. The molecule has 0 atom stereocenters. The summed E-state index contributed by atoms with van der Waals surface area (Å²) in [6.45, 7) is 1.64. The zero-order valence-electron chi connectivity index (χ0n) is 10.8. The molecule has 0 spiro atoms. The van der Waals surface area contributed by atoms with Crippen LogP contribution >= 0.6 is 15.9 Å². The Labute approximate surface area is 129 Å². The van der Waals surface area contributed by atoms with Crippen molar-refractivity contribution in [3.63, 3.8) is 0 Å². The van der Waals surface area contributed by atoms with Crippen molar-refractivity contribution in [3.05, 3.63) is 45.8 Å². The fourth-order valence-electron chi connectivity index (χ4n) is 1.59. The Morgan fingerprint density at radius 3 is 2.71 bits per heavy atom. The van der Waals surface area contributed by atoms with Crippen molar-refractivity contribution in [2.45, 2.75) is 18.4 Å². The molecule has 21 heavy (non-hydrogen) atoms. The molecule has 9 heteroatoms. The minimum Gasteiger partial charge on any atom is -0.478 e. The largest absolute Gasteiger partial charge is 0.478 e. The summed E-state index contributed by atoms with van der Waals surface area (Å²) >= 11 is 3.10. The topological polar surface area (TPSA) is 110 Å². The SMILES string of the molecule is Cc1cc(CNS(=O)(=O)c2cc(C(=O)O)ccc2Br)on1. The van der Waals surface area contributed by atoms with E-state index < -0.39 is 16.0 Å². The lowest BCUT2D eigenvalue weighted by Gasteiger charge is -2.08. The number of carbonyl (C=O) groups is 1. The van der Waals surface area contributed by atoms with Crippen LogP contribution in [0.1, 0.15) is 21.8 Å². The normalized spacial score (nSPS) is 11.5. The van der Waals surface area contributed by atoms with Crippen molar-refractivity contribution < 1.29 is 22.8 Å². The van der Waals surface area contributed by atoms with E-state index in [0.717, 1.165) is 6.07 Å². The van der Waals surface area contributed by atoms with E-state index in [-0.39, 0.29) is 21.5 Å². The summed E-state index contributed by atoms with van der Waals surface area (Å²) < 4.78 is 31.9. The van der Waals surface area contributed by atoms with Gasteiger partial charge in [0.1, 0.15) is 0 Å². The van der Waals surface area contributed by atoms with E-state index in [2.05, 4.69) is 25.8 Å². The fourth-order valence-corrected chi connectivity index (χ4v) is 3.57. The number of hydrogen-bond acceptors (Lipinski definition) is 5. The molecule has 0 bridgehead atoms. The smallest absolute Gasteiger partial charge is 0.335 e. The molecule has 0 unspecified atom stereocenters. The number of nitrogens with zero attached hydrogens (tertiary/aromatic N) is 1. The predicted octanol–water partition coefficient (Wildman–Crippen LogP) is 1.92. The van der Waals surface area contributed by atoms with Gasteiger partial charge >= 0.3 is 5.97 Å². The first-order valence-electron chi connectivity index (χ1n) is 5.74. The highest BCUT2D eigenvalue weighted by Crippen LogP contribution is 2.23. The highest BCUT2D eigenvalue weighted by Gasteiger charge is 2.20. The van der Waals surface area contributed by atoms with Crippen LogP contribution in [0, 0.1) is 6.92 Å². The van der Waals surface area contributed by atoms with Crippen LogP contribution in [0.5, 0.6) is 0 Å². The molecule has 1 heterocycles. The third kappa shape index (κ3) is 3.69. The van der Waals surface area contributed by atoms with Gasteiger partial charge in [0.15, 0.2) is 5.76 Å². The molecule has 0 saturated heterocycles. The quantitative estimate of drug-likeness (QED) is 0.827. The van der Waals surface area contributed by atoms with E-state index >= 15 is 0 Å². The molecule has 1 aromatic carbocycles. The maximum atomic E-state index is 12.2. The summed E-state index contributed by atoms with van der Waals surface area (Å²) in [6, 6.07) is 5.37. The second kappa shape index (κ2) is 5.96. The van der Waals surface area contributed by atoms with E-state index in [9.17, 15) is 13.2 Å². The molecule has 0 aliphatic carbocycles. The van der Waals surface area contributed by atoms with Gasteiger partial charge in [-0.3, -0.25) is 0 Å². The lowest BCUT2D eigenvalue weighted by Crippen LogP contribution is -2.23. The highest BCUT2D eigenvalue weighted by atomic mass is 79.9. The van der Waals surface area contributed by atoms with Crippen LogP contribution in [0.3, 0.4) is 0 Å².